The number of nitrogens with zero attached hydrogens (tertiary/aromatic N) is 1. The minimum Gasteiger partial charge on any atom is -0.334 e. The molecule has 1 amide bonds. The normalized spacial score (nSPS) is 18.9. The number of rotatable bonds is 4. The van der Waals surface area contributed by atoms with Gasteiger partial charge in [-0.05, 0) is 37.9 Å². The molecule has 1 aromatic carbocycles. The van der Waals surface area contributed by atoms with Crippen molar-refractivity contribution in [3.8, 4) is 0 Å². The summed E-state index contributed by atoms with van der Waals surface area (Å²) in [7, 11) is 0. The molecule has 0 aromatic heterocycles. The van der Waals surface area contributed by atoms with Crippen LogP contribution in [0.15, 0.2) is 18.2 Å². The summed E-state index contributed by atoms with van der Waals surface area (Å²) in [6.07, 6.45) is 2.76. The first-order valence-corrected chi connectivity index (χ1v) is 7.09. The number of halogens is 2. The van der Waals surface area contributed by atoms with E-state index in [0.29, 0.717) is 6.54 Å². The number of hydrogen-bond donors (Lipinski definition) is 1. The molecule has 1 atom stereocenters. The van der Waals surface area contributed by atoms with Gasteiger partial charge in [-0.15, -0.1) is 0 Å². The molecule has 0 bridgehead atoms. The molecule has 0 aliphatic carbocycles. The molecule has 1 saturated heterocycles. The van der Waals surface area contributed by atoms with Gasteiger partial charge in [0.15, 0.2) is 0 Å². The molecule has 1 fully saturated rings. The molecule has 1 aromatic rings. The van der Waals surface area contributed by atoms with Crippen LogP contribution >= 0.6 is 0 Å². The number of nitrogens with one attached hydrogen (secondary N) is 1. The fourth-order valence-corrected chi connectivity index (χ4v) is 2.63. The minimum absolute atomic E-state index is 0.0847. The van der Waals surface area contributed by atoms with Crippen LogP contribution < -0.4 is 5.32 Å². The molecule has 1 N–H and O–H groups in total. The summed E-state index contributed by atoms with van der Waals surface area (Å²) in [6, 6.07) is 3.08. The molecule has 110 valence electrons. The third-order valence-corrected chi connectivity index (χ3v) is 3.55. The minimum atomic E-state index is -0.716. The van der Waals surface area contributed by atoms with Gasteiger partial charge < -0.3 is 10.2 Å². The van der Waals surface area contributed by atoms with Gasteiger partial charge in [0.2, 0.25) is 0 Å². The summed E-state index contributed by atoms with van der Waals surface area (Å²) in [5.41, 5.74) is 0.0847. The summed E-state index contributed by atoms with van der Waals surface area (Å²) >= 11 is 0. The Morgan fingerprint density at radius 3 is 2.60 bits per heavy atom. The number of amides is 1. The van der Waals surface area contributed by atoms with Crippen molar-refractivity contribution in [3.05, 3.63) is 35.4 Å². The van der Waals surface area contributed by atoms with Crippen molar-refractivity contribution < 1.29 is 13.6 Å². The molecular weight excluding hydrogens is 262 g/mol. The van der Waals surface area contributed by atoms with E-state index in [4.69, 9.17) is 0 Å². The van der Waals surface area contributed by atoms with E-state index in [9.17, 15) is 13.6 Å². The second-order valence-electron chi connectivity index (χ2n) is 5.16. The van der Waals surface area contributed by atoms with Crippen molar-refractivity contribution in [2.75, 3.05) is 19.6 Å². The first-order valence-electron chi connectivity index (χ1n) is 7.09. The highest BCUT2D eigenvalue weighted by Crippen LogP contribution is 2.17. The van der Waals surface area contributed by atoms with Crippen LogP contribution in [0.5, 0.6) is 0 Å². The molecule has 20 heavy (non-hydrogen) atoms. The Hall–Kier alpha value is -1.49. The molecule has 0 radical (unpaired) electrons. The Kier molecular flexibility index (Phi) is 5.06. The van der Waals surface area contributed by atoms with Crippen molar-refractivity contribution >= 4 is 5.91 Å². The Balaban J connectivity index is 2.20. The number of carbonyl (C=O) groups excluding carboxylic acids is 1. The van der Waals surface area contributed by atoms with Crippen LogP contribution in [-0.2, 0) is 0 Å². The quantitative estimate of drug-likeness (QED) is 0.920. The Bertz CT molecular complexity index is 453. The van der Waals surface area contributed by atoms with Crippen LogP contribution in [0.3, 0.4) is 0 Å². The smallest absolute Gasteiger partial charge is 0.254 e. The van der Waals surface area contributed by atoms with Crippen molar-refractivity contribution in [2.24, 2.45) is 0 Å². The van der Waals surface area contributed by atoms with Gasteiger partial charge >= 0.3 is 0 Å². The SMILES string of the molecule is CCCN(C(=O)c1cc(F)cc(F)c1)C1CCCNC1. The summed E-state index contributed by atoms with van der Waals surface area (Å²) in [4.78, 5) is 14.2. The van der Waals surface area contributed by atoms with Gasteiger partial charge in [0.05, 0.1) is 0 Å². The van der Waals surface area contributed by atoms with Crippen LogP contribution in [0.25, 0.3) is 0 Å². The van der Waals surface area contributed by atoms with E-state index in [0.717, 1.165) is 50.6 Å². The van der Waals surface area contributed by atoms with Gasteiger partial charge in [-0.2, -0.15) is 0 Å². The highest BCUT2D eigenvalue weighted by Gasteiger charge is 2.26. The maximum absolute atomic E-state index is 13.3. The highest BCUT2D eigenvalue weighted by molar-refractivity contribution is 5.94. The predicted molar refractivity (Wildman–Crippen MR) is 73.6 cm³/mol. The first-order chi connectivity index (χ1) is 9.61. The zero-order chi connectivity index (χ0) is 14.5. The average molecular weight is 282 g/mol. The Morgan fingerprint density at radius 1 is 1.35 bits per heavy atom. The monoisotopic (exact) mass is 282 g/mol. The third kappa shape index (κ3) is 3.54. The maximum atomic E-state index is 13.3. The molecule has 5 heteroatoms. The molecule has 0 spiro atoms. The fraction of sp³-hybridized carbons (Fsp3) is 0.533. The second kappa shape index (κ2) is 6.79. The zero-order valence-electron chi connectivity index (χ0n) is 11.7. The number of hydrogen-bond acceptors (Lipinski definition) is 2. The molecule has 1 unspecified atom stereocenters. The standard InChI is InChI=1S/C15H20F2N2O/c1-2-6-19(14-4-3-5-18-10-14)15(20)11-7-12(16)9-13(17)8-11/h7-9,14,18H,2-6,10H2,1H3. The summed E-state index contributed by atoms with van der Waals surface area (Å²) in [5, 5.41) is 3.26. The van der Waals surface area contributed by atoms with E-state index in [1.54, 1.807) is 4.90 Å². The van der Waals surface area contributed by atoms with Gasteiger partial charge in [0.25, 0.3) is 5.91 Å². The Labute approximate surface area is 118 Å². The molecule has 1 aliphatic heterocycles. The van der Waals surface area contributed by atoms with Crippen LogP contribution in [0, 0.1) is 11.6 Å². The van der Waals surface area contributed by atoms with Gasteiger partial charge in [-0.3, -0.25) is 4.79 Å². The molecule has 2 rings (SSSR count). The topological polar surface area (TPSA) is 32.3 Å². The predicted octanol–water partition coefficient (Wildman–Crippen LogP) is 2.57. The van der Waals surface area contributed by atoms with E-state index in [-0.39, 0.29) is 17.5 Å². The largest absolute Gasteiger partial charge is 0.334 e. The number of benzene rings is 1. The second-order valence-corrected chi connectivity index (χ2v) is 5.16. The van der Waals surface area contributed by atoms with Gasteiger partial charge in [-0.1, -0.05) is 6.92 Å². The lowest BCUT2D eigenvalue weighted by atomic mass is 10.0. The van der Waals surface area contributed by atoms with Crippen LogP contribution in [0.4, 0.5) is 8.78 Å². The lowest BCUT2D eigenvalue weighted by Crippen LogP contribution is -2.49. The van der Waals surface area contributed by atoms with E-state index < -0.39 is 11.6 Å². The lowest BCUT2D eigenvalue weighted by Gasteiger charge is -2.34. The molecule has 3 nitrogen and oxygen atoms in total. The molecule has 1 heterocycles. The highest BCUT2D eigenvalue weighted by atomic mass is 19.1. The van der Waals surface area contributed by atoms with Crippen LogP contribution in [0.1, 0.15) is 36.5 Å². The van der Waals surface area contributed by atoms with Crippen molar-refractivity contribution in [1.82, 2.24) is 10.2 Å². The van der Waals surface area contributed by atoms with Crippen LogP contribution in [0.2, 0.25) is 0 Å². The van der Waals surface area contributed by atoms with E-state index in [1.807, 2.05) is 6.92 Å². The third-order valence-electron chi connectivity index (χ3n) is 3.55. The zero-order valence-corrected chi connectivity index (χ0v) is 11.7. The van der Waals surface area contributed by atoms with Gasteiger partial charge in [0.1, 0.15) is 11.6 Å². The average Bonchev–Trinajstić information content (AvgIpc) is 2.44. The maximum Gasteiger partial charge on any atom is 0.254 e. The van der Waals surface area contributed by atoms with Crippen molar-refractivity contribution in [2.45, 2.75) is 32.2 Å². The van der Waals surface area contributed by atoms with Crippen molar-refractivity contribution in [1.29, 1.82) is 0 Å². The van der Waals surface area contributed by atoms with E-state index in [1.165, 1.54) is 0 Å². The van der Waals surface area contributed by atoms with E-state index >= 15 is 0 Å². The Morgan fingerprint density at radius 2 is 2.05 bits per heavy atom. The van der Waals surface area contributed by atoms with Gasteiger partial charge in [-0.25, -0.2) is 8.78 Å². The first kappa shape index (κ1) is 14.9. The van der Waals surface area contributed by atoms with Gasteiger partial charge in [0, 0.05) is 30.8 Å². The molecular formula is C15H20F2N2O. The van der Waals surface area contributed by atoms with Crippen molar-refractivity contribution in [3.63, 3.8) is 0 Å². The lowest BCUT2D eigenvalue weighted by molar-refractivity contribution is 0.0648. The number of piperidine rings is 1. The summed E-state index contributed by atoms with van der Waals surface area (Å²) in [5.74, 6) is -1.72. The summed E-state index contributed by atoms with van der Waals surface area (Å²) < 4.78 is 26.5. The molecule has 1 aliphatic rings. The van der Waals surface area contributed by atoms with E-state index in [2.05, 4.69) is 5.32 Å². The van der Waals surface area contributed by atoms with Crippen LogP contribution in [-0.4, -0.2) is 36.5 Å². The fourth-order valence-electron chi connectivity index (χ4n) is 2.63. The number of carbonyl (C=O) groups is 1. The molecule has 0 saturated carbocycles. The summed E-state index contributed by atoms with van der Waals surface area (Å²) in [6.45, 7) is 4.29.